The van der Waals surface area contributed by atoms with Crippen LogP contribution in [-0.4, -0.2) is 29.7 Å². The van der Waals surface area contributed by atoms with Gasteiger partial charge in [-0.1, -0.05) is 44.9 Å². The molecule has 2 fully saturated rings. The van der Waals surface area contributed by atoms with Crippen LogP contribution in [0.2, 0.25) is 0 Å². The Kier molecular flexibility index (Phi) is 5.44. The van der Waals surface area contributed by atoms with Gasteiger partial charge in [-0.2, -0.15) is 0 Å². The van der Waals surface area contributed by atoms with Gasteiger partial charge in [-0.05, 0) is 25.7 Å². The first kappa shape index (κ1) is 15.8. The highest BCUT2D eigenvalue weighted by Crippen LogP contribution is 2.35. The lowest BCUT2D eigenvalue weighted by atomic mass is 9.79. The maximum atomic E-state index is 12.6. The Bertz CT molecular complexity index is 316. The molecule has 4 heteroatoms. The van der Waals surface area contributed by atoms with E-state index in [4.69, 9.17) is 5.73 Å². The molecule has 0 aromatic carbocycles. The first-order valence-corrected chi connectivity index (χ1v) is 8.31. The molecule has 0 aromatic heterocycles. The number of carbonyl (C=O) groups is 1. The quantitative estimate of drug-likeness (QED) is 0.691. The first-order chi connectivity index (χ1) is 9.60. The summed E-state index contributed by atoms with van der Waals surface area (Å²) in [6.07, 6.45) is 11.3. The van der Waals surface area contributed by atoms with Gasteiger partial charge in [0.15, 0.2) is 0 Å². The molecule has 0 aromatic rings. The normalized spacial score (nSPS) is 25.7. The van der Waals surface area contributed by atoms with E-state index in [1.807, 2.05) is 0 Å². The highest BCUT2D eigenvalue weighted by molar-refractivity contribution is 5.83. The third-order valence-corrected chi connectivity index (χ3v) is 5.30. The van der Waals surface area contributed by atoms with Crippen molar-refractivity contribution in [3.8, 4) is 0 Å². The van der Waals surface area contributed by atoms with E-state index in [-0.39, 0.29) is 11.3 Å². The van der Waals surface area contributed by atoms with Crippen molar-refractivity contribution < 1.29 is 9.90 Å². The van der Waals surface area contributed by atoms with Crippen LogP contribution in [0.15, 0.2) is 0 Å². The lowest BCUT2D eigenvalue weighted by Gasteiger charge is -2.35. The summed E-state index contributed by atoms with van der Waals surface area (Å²) >= 11 is 0. The van der Waals surface area contributed by atoms with Crippen molar-refractivity contribution in [1.29, 1.82) is 0 Å². The fourth-order valence-electron chi connectivity index (χ4n) is 3.75. The zero-order chi connectivity index (χ0) is 14.5. The maximum absolute atomic E-state index is 12.6. The highest BCUT2D eigenvalue weighted by atomic mass is 16.3. The number of nitrogens with two attached hydrogens (primary N) is 1. The minimum atomic E-state index is -0.686. The molecule has 0 heterocycles. The van der Waals surface area contributed by atoms with E-state index < -0.39 is 5.60 Å². The zero-order valence-electron chi connectivity index (χ0n) is 12.6. The SMILES string of the molecule is NCC1(C(=O)NCC2(O)CCCCC2)CCCCCC1. The topological polar surface area (TPSA) is 75.4 Å². The molecule has 4 nitrogen and oxygen atoms in total. The Morgan fingerprint density at radius 3 is 2.00 bits per heavy atom. The molecular weight excluding hydrogens is 252 g/mol. The Labute approximate surface area is 122 Å². The van der Waals surface area contributed by atoms with E-state index in [0.717, 1.165) is 51.4 Å². The Balaban J connectivity index is 1.91. The summed E-state index contributed by atoms with van der Waals surface area (Å²) in [5.74, 6) is 0.0703. The van der Waals surface area contributed by atoms with Crippen LogP contribution < -0.4 is 11.1 Å². The average molecular weight is 282 g/mol. The van der Waals surface area contributed by atoms with Crippen molar-refractivity contribution >= 4 is 5.91 Å². The number of hydrogen-bond acceptors (Lipinski definition) is 3. The monoisotopic (exact) mass is 282 g/mol. The third kappa shape index (κ3) is 3.73. The van der Waals surface area contributed by atoms with Gasteiger partial charge >= 0.3 is 0 Å². The van der Waals surface area contributed by atoms with Crippen LogP contribution in [0.5, 0.6) is 0 Å². The van der Waals surface area contributed by atoms with Gasteiger partial charge in [0.25, 0.3) is 0 Å². The molecule has 0 spiro atoms. The van der Waals surface area contributed by atoms with E-state index in [1.165, 1.54) is 19.3 Å². The van der Waals surface area contributed by atoms with Crippen molar-refractivity contribution in [1.82, 2.24) is 5.32 Å². The predicted molar refractivity (Wildman–Crippen MR) is 80.2 cm³/mol. The van der Waals surface area contributed by atoms with Gasteiger partial charge in [0.1, 0.15) is 0 Å². The summed E-state index contributed by atoms with van der Waals surface area (Å²) in [6, 6.07) is 0. The van der Waals surface area contributed by atoms with Crippen LogP contribution in [0.3, 0.4) is 0 Å². The Morgan fingerprint density at radius 1 is 0.950 bits per heavy atom. The standard InChI is InChI=1S/C16H30N2O2/c17-12-15(8-4-1-2-5-9-15)14(19)18-13-16(20)10-6-3-7-11-16/h20H,1-13,17H2,(H,18,19). The molecule has 0 bridgehead atoms. The summed E-state index contributed by atoms with van der Waals surface area (Å²) in [4.78, 5) is 12.6. The van der Waals surface area contributed by atoms with E-state index in [1.54, 1.807) is 0 Å². The molecule has 2 saturated carbocycles. The summed E-state index contributed by atoms with van der Waals surface area (Å²) in [7, 11) is 0. The van der Waals surface area contributed by atoms with E-state index in [0.29, 0.717) is 13.1 Å². The number of hydrogen-bond donors (Lipinski definition) is 3. The van der Waals surface area contributed by atoms with Gasteiger partial charge in [-0.25, -0.2) is 0 Å². The van der Waals surface area contributed by atoms with Gasteiger partial charge in [-0.15, -0.1) is 0 Å². The van der Waals surface area contributed by atoms with Crippen LogP contribution in [-0.2, 0) is 4.79 Å². The number of nitrogens with one attached hydrogen (secondary N) is 1. The van der Waals surface area contributed by atoms with Crippen molar-refractivity contribution in [3.05, 3.63) is 0 Å². The van der Waals surface area contributed by atoms with E-state index in [2.05, 4.69) is 5.32 Å². The summed E-state index contributed by atoms with van der Waals surface area (Å²) in [6.45, 7) is 0.824. The maximum Gasteiger partial charge on any atom is 0.227 e. The Morgan fingerprint density at radius 2 is 1.45 bits per heavy atom. The van der Waals surface area contributed by atoms with Crippen molar-refractivity contribution in [2.24, 2.45) is 11.1 Å². The predicted octanol–water partition coefficient (Wildman–Crippen LogP) is 2.10. The number of aliphatic hydroxyl groups is 1. The highest BCUT2D eigenvalue weighted by Gasteiger charge is 2.38. The van der Waals surface area contributed by atoms with Gasteiger partial charge in [0.2, 0.25) is 5.91 Å². The minimum absolute atomic E-state index is 0.0703. The summed E-state index contributed by atoms with van der Waals surface area (Å²) in [5, 5.41) is 13.5. The molecule has 0 aliphatic heterocycles. The van der Waals surface area contributed by atoms with Crippen LogP contribution in [0.1, 0.15) is 70.6 Å². The lowest BCUT2D eigenvalue weighted by molar-refractivity contribution is -0.133. The molecule has 0 radical (unpaired) electrons. The molecule has 2 aliphatic carbocycles. The molecule has 20 heavy (non-hydrogen) atoms. The second kappa shape index (κ2) is 6.90. The van der Waals surface area contributed by atoms with Crippen LogP contribution in [0, 0.1) is 5.41 Å². The molecule has 0 atom stereocenters. The molecule has 0 unspecified atom stereocenters. The molecule has 2 rings (SSSR count). The zero-order valence-corrected chi connectivity index (χ0v) is 12.6. The molecule has 116 valence electrons. The number of amides is 1. The minimum Gasteiger partial charge on any atom is -0.388 e. The molecule has 1 amide bonds. The van der Waals surface area contributed by atoms with Gasteiger partial charge in [0.05, 0.1) is 11.0 Å². The van der Waals surface area contributed by atoms with Gasteiger partial charge in [0, 0.05) is 13.1 Å². The van der Waals surface area contributed by atoms with Crippen molar-refractivity contribution in [2.45, 2.75) is 76.2 Å². The number of rotatable bonds is 4. The molecule has 4 N–H and O–H groups in total. The Hall–Kier alpha value is -0.610. The van der Waals surface area contributed by atoms with E-state index in [9.17, 15) is 9.90 Å². The molecule has 2 aliphatic rings. The summed E-state index contributed by atoms with van der Waals surface area (Å²) < 4.78 is 0. The fraction of sp³-hybridized carbons (Fsp3) is 0.938. The van der Waals surface area contributed by atoms with Crippen LogP contribution >= 0.6 is 0 Å². The second-order valence-corrected chi connectivity index (χ2v) is 6.87. The number of carbonyl (C=O) groups excluding carboxylic acids is 1. The lowest BCUT2D eigenvalue weighted by Crippen LogP contribution is -2.51. The van der Waals surface area contributed by atoms with E-state index >= 15 is 0 Å². The average Bonchev–Trinajstić information content (AvgIpc) is 2.72. The van der Waals surface area contributed by atoms with Gasteiger partial charge < -0.3 is 16.2 Å². The third-order valence-electron chi connectivity index (χ3n) is 5.30. The summed E-state index contributed by atoms with van der Waals surface area (Å²) in [5.41, 5.74) is 4.85. The second-order valence-electron chi connectivity index (χ2n) is 6.87. The smallest absolute Gasteiger partial charge is 0.227 e. The van der Waals surface area contributed by atoms with Crippen LogP contribution in [0.4, 0.5) is 0 Å². The first-order valence-electron chi connectivity index (χ1n) is 8.31. The van der Waals surface area contributed by atoms with Crippen molar-refractivity contribution in [2.75, 3.05) is 13.1 Å². The largest absolute Gasteiger partial charge is 0.388 e. The van der Waals surface area contributed by atoms with Crippen molar-refractivity contribution in [3.63, 3.8) is 0 Å². The molecule has 0 saturated heterocycles. The van der Waals surface area contributed by atoms with Gasteiger partial charge in [-0.3, -0.25) is 4.79 Å². The fourth-order valence-corrected chi connectivity index (χ4v) is 3.75. The van der Waals surface area contributed by atoms with Crippen LogP contribution in [0.25, 0.3) is 0 Å². The molecular formula is C16H30N2O2.